The van der Waals surface area contributed by atoms with Gasteiger partial charge >= 0.3 is 5.97 Å². The third kappa shape index (κ3) is 7.44. The Bertz CT molecular complexity index is 991. The maximum Gasteiger partial charge on any atom is 0.309 e. The largest absolute Gasteiger partial charge is 0.458 e. The van der Waals surface area contributed by atoms with Crippen molar-refractivity contribution in [2.45, 2.75) is 109 Å². The summed E-state index contributed by atoms with van der Waals surface area (Å²) in [5.74, 6) is -0.698. The Morgan fingerprint density at radius 3 is 2.65 bits per heavy atom. The Kier molecular flexibility index (Phi) is 10.1. The van der Waals surface area contributed by atoms with E-state index in [0.29, 0.717) is 6.42 Å². The average Bonchev–Trinajstić information content (AvgIpc) is 3.24. The lowest BCUT2D eigenvalue weighted by Gasteiger charge is -2.34. The molecule has 208 valence electrons. The molecule has 37 heavy (non-hydrogen) atoms. The number of aliphatic hydroxyl groups excluding tert-OH is 2. The van der Waals surface area contributed by atoms with Crippen LogP contribution in [0.4, 0.5) is 0 Å². The van der Waals surface area contributed by atoms with Crippen molar-refractivity contribution in [1.29, 1.82) is 0 Å². The topological polar surface area (TPSA) is 109 Å². The summed E-state index contributed by atoms with van der Waals surface area (Å²) in [7, 11) is 0. The minimum atomic E-state index is -1.23. The molecular weight excluding hydrogens is 510 g/mol. The van der Waals surface area contributed by atoms with Crippen molar-refractivity contribution in [3.8, 4) is 0 Å². The Labute approximate surface area is 229 Å². The Balaban J connectivity index is 1.84. The van der Waals surface area contributed by atoms with E-state index in [0.717, 1.165) is 41.3 Å². The molecule has 2 aliphatic rings. The fourth-order valence-corrected chi connectivity index (χ4v) is 6.67. The first-order valence-electron chi connectivity index (χ1n) is 13.2. The second-order valence-corrected chi connectivity index (χ2v) is 13.4. The van der Waals surface area contributed by atoms with Gasteiger partial charge < -0.3 is 19.7 Å². The van der Waals surface area contributed by atoms with Crippen LogP contribution in [0.25, 0.3) is 6.08 Å². The molecule has 2 N–H and O–H groups in total. The maximum absolute atomic E-state index is 13.3. The first-order chi connectivity index (χ1) is 17.3. The van der Waals surface area contributed by atoms with Crippen molar-refractivity contribution in [2.75, 3.05) is 6.26 Å². The first-order valence-corrected chi connectivity index (χ1v) is 15.4. The summed E-state index contributed by atoms with van der Waals surface area (Å²) in [4.78, 5) is 30.9. The molecule has 9 heteroatoms. The van der Waals surface area contributed by atoms with Gasteiger partial charge in [-0.15, -0.1) is 11.3 Å². The van der Waals surface area contributed by atoms with E-state index >= 15 is 0 Å². The summed E-state index contributed by atoms with van der Waals surface area (Å²) in [6, 6.07) is 0. The van der Waals surface area contributed by atoms with Crippen LogP contribution in [0.2, 0.25) is 0 Å². The number of Topliss-reactive ketones (excluding diaryl/α,β-unsaturated/α-hetero) is 1. The number of nitrogens with zero attached hydrogens (tertiary/aromatic N) is 1. The van der Waals surface area contributed by atoms with Gasteiger partial charge in [-0.1, -0.05) is 34.1 Å². The van der Waals surface area contributed by atoms with E-state index in [4.69, 9.17) is 9.47 Å². The second kappa shape index (κ2) is 12.3. The van der Waals surface area contributed by atoms with Gasteiger partial charge in [0.25, 0.3) is 0 Å². The predicted molar refractivity (Wildman–Crippen MR) is 148 cm³/mol. The number of hydrogen-bond donors (Lipinski definition) is 2. The molecule has 2 saturated heterocycles. The van der Waals surface area contributed by atoms with Gasteiger partial charge in [0.1, 0.15) is 16.9 Å². The summed E-state index contributed by atoms with van der Waals surface area (Å²) in [6.07, 6.45) is 4.03. The van der Waals surface area contributed by atoms with Crippen LogP contribution in [0.5, 0.6) is 0 Å². The summed E-state index contributed by atoms with van der Waals surface area (Å²) in [5, 5.41) is 24.8. The fourth-order valence-electron chi connectivity index (χ4n) is 5.20. The highest BCUT2D eigenvalue weighted by Crippen LogP contribution is 2.45. The number of fused-ring (bicyclic) bond motifs is 1. The molecule has 0 unspecified atom stereocenters. The van der Waals surface area contributed by atoms with Crippen molar-refractivity contribution in [2.24, 2.45) is 17.3 Å². The first kappa shape index (κ1) is 30.3. The minimum absolute atomic E-state index is 0.0499. The molecule has 2 fully saturated rings. The third-order valence-electron chi connectivity index (χ3n) is 8.13. The van der Waals surface area contributed by atoms with Crippen LogP contribution in [0, 0.1) is 17.3 Å². The van der Waals surface area contributed by atoms with Crippen molar-refractivity contribution in [1.82, 2.24) is 4.98 Å². The summed E-state index contributed by atoms with van der Waals surface area (Å²) in [6.45, 7) is 10.9. The fraction of sp³-hybridized carbons (Fsp3) is 0.750. The minimum Gasteiger partial charge on any atom is -0.458 e. The van der Waals surface area contributed by atoms with Gasteiger partial charge in [0.05, 0.1) is 41.4 Å². The van der Waals surface area contributed by atoms with Crippen LogP contribution in [0.15, 0.2) is 11.0 Å². The number of carbonyl (C=O) groups is 2. The van der Waals surface area contributed by atoms with E-state index in [9.17, 15) is 19.8 Å². The van der Waals surface area contributed by atoms with E-state index < -0.39 is 35.6 Å². The molecule has 0 bridgehead atoms. The van der Waals surface area contributed by atoms with E-state index in [2.05, 4.69) is 11.9 Å². The predicted octanol–water partition coefficient (Wildman–Crippen LogP) is 5.03. The molecule has 3 rings (SSSR count). The normalized spacial score (nSPS) is 36.1. The molecule has 0 amide bonds. The lowest BCUT2D eigenvalue weighted by atomic mass is 9.73. The molecule has 0 aliphatic carbocycles. The Morgan fingerprint density at radius 2 is 1.97 bits per heavy atom. The second-order valence-electron chi connectivity index (χ2n) is 11.6. The number of ether oxygens (including phenoxy) is 2. The average molecular weight is 554 g/mol. The van der Waals surface area contributed by atoms with Crippen molar-refractivity contribution in [3.63, 3.8) is 0 Å². The summed E-state index contributed by atoms with van der Waals surface area (Å²) >= 11 is 3.33. The molecule has 3 heterocycles. The number of aromatic nitrogens is 1. The van der Waals surface area contributed by atoms with E-state index in [-0.39, 0.29) is 29.8 Å². The quantitative estimate of drug-likeness (QED) is 0.395. The van der Waals surface area contributed by atoms with Crippen molar-refractivity contribution < 1.29 is 29.3 Å². The Morgan fingerprint density at radius 1 is 1.27 bits per heavy atom. The molecule has 2 aliphatic heterocycles. The molecule has 0 radical (unpaired) electrons. The number of thiazole rings is 1. The molecular formula is C28H43NO6S2. The number of cyclic esters (lactones) is 1. The number of aliphatic hydroxyl groups is 2. The monoisotopic (exact) mass is 553 g/mol. The number of esters is 1. The van der Waals surface area contributed by atoms with Gasteiger partial charge in [0.15, 0.2) is 0 Å². The SMILES string of the molecule is CSCc1nc(C=C(C)[C@@H]2C[C@@H]3O[C@]3(C)CCC[C@H](C)[C@H](O)[C@@H](C)C(=O)C(C)(C)[C@@H](O)CC(=O)O2)cs1. The number of rotatable bonds is 4. The zero-order chi connectivity index (χ0) is 27.5. The standard InChI is InChI=1S/C28H43NO6S2/c1-16-9-8-10-28(6)22(35-28)12-20(17(2)11-19-14-37-23(29-19)15-36-7)34-24(31)13-21(30)27(4,5)26(33)18(3)25(16)32/h11,14,16,18,20-22,25,30,32H,8-10,12-13,15H2,1-7H3/t16-,18+,20-,21-,22-,25-,28+/m0/s1. The van der Waals surface area contributed by atoms with E-state index in [1.165, 1.54) is 0 Å². The molecule has 1 aromatic heterocycles. The van der Waals surface area contributed by atoms with Gasteiger partial charge in [-0.2, -0.15) is 11.8 Å². The van der Waals surface area contributed by atoms with Gasteiger partial charge in [-0.3, -0.25) is 9.59 Å². The lowest BCUT2D eigenvalue weighted by molar-refractivity contribution is -0.154. The zero-order valence-electron chi connectivity index (χ0n) is 23.2. The van der Waals surface area contributed by atoms with Gasteiger partial charge in [0, 0.05) is 23.5 Å². The molecule has 0 saturated carbocycles. The molecule has 1 aromatic rings. The van der Waals surface area contributed by atoms with Crippen LogP contribution in [-0.4, -0.2) is 63.2 Å². The van der Waals surface area contributed by atoms with E-state index in [1.54, 1.807) is 43.9 Å². The number of epoxide rings is 1. The lowest BCUT2D eigenvalue weighted by Crippen LogP contribution is -2.45. The molecule has 0 aromatic carbocycles. The smallest absolute Gasteiger partial charge is 0.309 e. The number of thioether (sulfide) groups is 1. The van der Waals surface area contributed by atoms with Crippen LogP contribution in [0.1, 0.15) is 84.3 Å². The molecule has 0 spiro atoms. The highest BCUT2D eigenvalue weighted by Gasteiger charge is 2.53. The third-order valence-corrected chi connectivity index (χ3v) is 9.74. The highest BCUT2D eigenvalue weighted by molar-refractivity contribution is 7.97. The van der Waals surface area contributed by atoms with Crippen LogP contribution >= 0.6 is 23.1 Å². The van der Waals surface area contributed by atoms with Gasteiger partial charge in [-0.05, 0) is 50.5 Å². The van der Waals surface area contributed by atoms with Gasteiger partial charge in [-0.25, -0.2) is 4.98 Å². The summed E-state index contributed by atoms with van der Waals surface area (Å²) in [5.41, 5.74) is 0.191. The number of carbonyl (C=O) groups excluding carboxylic acids is 2. The number of hydrogen-bond acceptors (Lipinski definition) is 9. The van der Waals surface area contributed by atoms with E-state index in [1.807, 2.05) is 31.6 Å². The van der Waals surface area contributed by atoms with Crippen LogP contribution in [-0.2, 0) is 24.8 Å². The Hall–Kier alpha value is -1.26. The number of ketones is 1. The van der Waals surface area contributed by atoms with Crippen LogP contribution in [0.3, 0.4) is 0 Å². The van der Waals surface area contributed by atoms with Crippen molar-refractivity contribution >= 4 is 40.9 Å². The highest BCUT2D eigenvalue weighted by atomic mass is 32.2. The maximum atomic E-state index is 13.3. The van der Waals surface area contributed by atoms with Gasteiger partial charge in [0.2, 0.25) is 0 Å². The molecule has 7 nitrogen and oxygen atoms in total. The molecule has 7 atom stereocenters. The zero-order valence-corrected chi connectivity index (χ0v) is 24.8. The van der Waals surface area contributed by atoms with Crippen molar-refractivity contribution in [3.05, 3.63) is 21.7 Å². The van der Waals surface area contributed by atoms with Crippen LogP contribution < -0.4 is 0 Å². The summed E-state index contributed by atoms with van der Waals surface area (Å²) < 4.78 is 12.0.